The number of rotatable bonds is 4. The third kappa shape index (κ3) is 3.79. The Bertz CT molecular complexity index is 430. The summed E-state index contributed by atoms with van der Waals surface area (Å²) in [5.74, 6) is 0.937. The van der Waals surface area contributed by atoms with Crippen LogP contribution in [0.2, 0.25) is 0 Å². The number of carbonyl (C=O) groups is 2. The Morgan fingerprint density at radius 1 is 1.09 bits per heavy atom. The number of nitrogens with one attached hydrogen (secondary N) is 1. The molecule has 3 rings (SSSR count). The van der Waals surface area contributed by atoms with E-state index in [1.165, 1.54) is 0 Å². The minimum absolute atomic E-state index is 0.178. The lowest BCUT2D eigenvalue weighted by Crippen LogP contribution is -2.53. The van der Waals surface area contributed by atoms with Gasteiger partial charge in [-0.3, -0.25) is 19.4 Å². The first-order valence-electron chi connectivity index (χ1n) is 8.54. The normalized spacial score (nSPS) is 30.5. The molecule has 2 saturated heterocycles. The fraction of sp³-hybridized carbons (Fsp3) is 0.875. The molecule has 2 aliphatic heterocycles. The molecule has 0 aromatic rings. The molecule has 124 valence electrons. The highest BCUT2D eigenvalue weighted by Crippen LogP contribution is 2.23. The molecule has 1 saturated carbocycles. The predicted octanol–water partition coefficient (Wildman–Crippen LogP) is -0.251. The molecule has 1 aliphatic carbocycles. The molecule has 3 aliphatic rings. The van der Waals surface area contributed by atoms with Crippen LogP contribution in [0.3, 0.4) is 0 Å². The number of piperazine rings is 1. The summed E-state index contributed by atoms with van der Waals surface area (Å²) < 4.78 is 0. The van der Waals surface area contributed by atoms with E-state index in [1.807, 2.05) is 4.90 Å². The average molecular weight is 308 g/mol. The van der Waals surface area contributed by atoms with E-state index in [0.29, 0.717) is 24.5 Å². The standard InChI is InChI=1S/C16H28N4O2/c1-12-9-18(11-16(22)17-14-3-4-14)10-15(12)20-7-5-19(6-8-20)13(2)21/h12,14-15H,3-11H2,1-2H3,(H,17,22)/t12-,15+/m0/s1. The molecule has 1 N–H and O–H groups in total. The van der Waals surface area contributed by atoms with Crippen molar-refractivity contribution in [2.24, 2.45) is 5.92 Å². The highest BCUT2D eigenvalue weighted by Gasteiger charge is 2.36. The monoisotopic (exact) mass is 308 g/mol. The van der Waals surface area contributed by atoms with Crippen LogP contribution in [-0.2, 0) is 9.59 Å². The SMILES string of the molecule is CC(=O)N1CCN([C@@H]2CN(CC(=O)NC3CC3)C[C@@H]2C)CC1. The van der Waals surface area contributed by atoms with Crippen molar-refractivity contribution >= 4 is 11.8 Å². The number of hydrogen-bond acceptors (Lipinski definition) is 4. The summed E-state index contributed by atoms with van der Waals surface area (Å²) in [4.78, 5) is 30.1. The van der Waals surface area contributed by atoms with Crippen molar-refractivity contribution in [2.75, 3.05) is 45.8 Å². The molecule has 22 heavy (non-hydrogen) atoms. The van der Waals surface area contributed by atoms with Gasteiger partial charge < -0.3 is 10.2 Å². The molecular weight excluding hydrogens is 280 g/mol. The van der Waals surface area contributed by atoms with Crippen molar-refractivity contribution in [2.45, 2.75) is 38.8 Å². The minimum Gasteiger partial charge on any atom is -0.352 e. The molecule has 6 nitrogen and oxygen atoms in total. The van der Waals surface area contributed by atoms with E-state index >= 15 is 0 Å². The summed E-state index contributed by atoms with van der Waals surface area (Å²) in [5.41, 5.74) is 0. The molecule has 3 fully saturated rings. The Morgan fingerprint density at radius 2 is 1.77 bits per heavy atom. The van der Waals surface area contributed by atoms with E-state index in [1.54, 1.807) is 6.92 Å². The molecule has 2 amide bonds. The van der Waals surface area contributed by atoms with Crippen molar-refractivity contribution in [1.82, 2.24) is 20.0 Å². The lowest BCUT2D eigenvalue weighted by Gasteiger charge is -2.39. The van der Waals surface area contributed by atoms with E-state index in [9.17, 15) is 9.59 Å². The van der Waals surface area contributed by atoms with Gasteiger partial charge in [-0.15, -0.1) is 0 Å². The zero-order chi connectivity index (χ0) is 15.7. The maximum Gasteiger partial charge on any atom is 0.234 e. The molecule has 0 bridgehead atoms. The van der Waals surface area contributed by atoms with Gasteiger partial charge in [0.1, 0.15) is 0 Å². The first kappa shape index (κ1) is 15.7. The number of carbonyl (C=O) groups excluding carboxylic acids is 2. The van der Waals surface area contributed by atoms with Gasteiger partial charge >= 0.3 is 0 Å². The summed E-state index contributed by atoms with van der Waals surface area (Å²) in [6.07, 6.45) is 2.29. The molecular formula is C16H28N4O2. The van der Waals surface area contributed by atoms with Crippen LogP contribution in [0.25, 0.3) is 0 Å². The van der Waals surface area contributed by atoms with Crippen LogP contribution in [0, 0.1) is 5.92 Å². The predicted molar refractivity (Wildman–Crippen MR) is 84.4 cm³/mol. The maximum atomic E-state index is 11.9. The summed E-state index contributed by atoms with van der Waals surface area (Å²) >= 11 is 0. The number of hydrogen-bond donors (Lipinski definition) is 1. The molecule has 2 atom stereocenters. The number of amides is 2. The van der Waals surface area contributed by atoms with Crippen LogP contribution in [-0.4, -0.2) is 84.4 Å². The van der Waals surface area contributed by atoms with Crippen LogP contribution in [0.15, 0.2) is 0 Å². The first-order valence-corrected chi connectivity index (χ1v) is 8.54. The average Bonchev–Trinajstić information content (AvgIpc) is 3.21. The zero-order valence-corrected chi connectivity index (χ0v) is 13.8. The molecule has 0 unspecified atom stereocenters. The molecule has 0 aromatic carbocycles. The Balaban J connectivity index is 1.46. The van der Waals surface area contributed by atoms with Gasteiger partial charge in [0.15, 0.2) is 0 Å². The molecule has 2 heterocycles. The van der Waals surface area contributed by atoms with Crippen molar-refractivity contribution in [3.05, 3.63) is 0 Å². The summed E-state index contributed by atoms with van der Waals surface area (Å²) in [5, 5.41) is 3.07. The van der Waals surface area contributed by atoms with Crippen LogP contribution >= 0.6 is 0 Å². The minimum atomic E-state index is 0.178. The van der Waals surface area contributed by atoms with Crippen molar-refractivity contribution in [3.63, 3.8) is 0 Å². The maximum absolute atomic E-state index is 11.9. The zero-order valence-electron chi connectivity index (χ0n) is 13.8. The summed E-state index contributed by atoms with van der Waals surface area (Å²) in [6, 6.07) is 0.964. The third-order valence-electron chi connectivity index (χ3n) is 5.19. The van der Waals surface area contributed by atoms with Crippen LogP contribution in [0.4, 0.5) is 0 Å². The third-order valence-corrected chi connectivity index (χ3v) is 5.19. The van der Waals surface area contributed by atoms with Crippen molar-refractivity contribution < 1.29 is 9.59 Å². The van der Waals surface area contributed by atoms with Crippen molar-refractivity contribution in [1.29, 1.82) is 0 Å². The Morgan fingerprint density at radius 3 is 2.36 bits per heavy atom. The van der Waals surface area contributed by atoms with Crippen LogP contribution in [0.5, 0.6) is 0 Å². The van der Waals surface area contributed by atoms with Crippen LogP contribution in [0.1, 0.15) is 26.7 Å². The summed E-state index contributed by atoms with van der Waals surface area (Å²) in [6.45, 7) is 10.0. The Hall–Kier alpha value is -1.14. The molecule has 0 aromatic heterocycles. The van der Waals surface area contributed by atoms with Crippen LogP contribution < -0.4 is 5.32 Å². The van der Waals surface area contributed by atoms with E-state index in [0.717, 1.165) is 52.1 Å². The van der Waals surface area contributed by atoms with Gasteiger partial charge in [-0.1, -0.05) is 6.92 Å². The van der Waals surface area contributed by atoms with Gasteiger partial charge in [0.2, 0.25) is 11.8 Å². The number of likely N-dealkylation sites (tertiary alicyclic amines) is 1. The smallest absolute Gasteiger partial charge is 0.234 e. The Labute approximate surface area is 132 Å². The van der Waals surface area contributed by atoms with E-state index in [4.69, 9.17) is 0 Å². The molecule has 0 spiro atoms. The lowest BCUT2D eigenvalue weighted by atomic mass is 10.0. The van der Waals surface area contributed by atoms with Crippen molar-refractivity contribution in [3.8, 4) is 0 Å². The molecule has 6 heteroatoms. The quantitative estimate of drug-likeness (QED) is 0.778. The van der Waals surface area contributed by atoms with Gasteiger partial charge in [0, 0.05) is 58.3 Å². The highest BCUT2D eigenvalue weighted by molar-refractivity contribution is 5.78. The topological polar surface area (TPSA) is 55.9 Å². The molecule has 0 radical (unpaired) electrons. The fourth-order valence-corrected chi connectivity index (χ4v) is 3.72. The van der Waals surface area contributed by atoms with E-state index in [2.05, 4.69) is 22.0 Å². The Kier molecular flexibility index (Phi) is 4.68. The van der Waals surface area contributed by atoms with Gasteiger partial charge in [-0.25, -0.2) is 0 Å². The second-order valence-electron chi connectivity index (χ2n) is 7.12. The van der Waals surface area contributed by atoms with Gasteiger partial charge in [-0.05, 0) is 18.8 Å². The van der Waals surface area contributed by atoms with Gasteiger partial charge in [0.25, 0.3) is 0 Å². The van der Waals surface area contributed by atoms with E-state index in [-0.39, 0.29) is 11.8 Å². The fourth-order valence-electron chi connectivity index (χ4n) is 3.72. The second-order valence-corrected chi connectivity index (χ2v) is 7.12. The summed E-state index contributed by atoms with van der Waals surface area (Å²) in [7, 11) is 0. The van der Waals surface area contributed by atoms with Gasteiger partial charge in [0.05, 0.1) is 6.54 Å². The second kappa shape index (κ2) is 6.54. The highest BCUT2D eigenvalue weighted by atomic mass is 16.2. The number of nitrogens with zero attached hydrogens (tertiary/aromatic N) is 3. The largest absolute Gasteiger partial charge is 0.352 e. The van der Waals surface area contributed by atoms with E-state index < -0.39 is 0 Å². The first-order chi connectivity index (χ1) is 10.5. The van der Waals surface area contributed by atoms with Gasteiger partial charge in [-0.2, -0.15) is 0 Å². The lowest BCUT2D eigenvalue weighted by molar-refractivity contribution is -0.131.